The van der Waals surface area contributed by atoms with Crippen molar-refractivity contribution < 1.29 is 13.3 Å². The molecule has 0 aliphatic heterocycles. The minimum atomic E-state index is 0.583. The van der Waals surface area contributed by atoms with E-state index in [0.29, 0.717) is 17.5 Å². The largest absolute Gasteiger partial charge is 0.456 e. The van der Waals surface area contributed by atoms with Crippen LogP contribution < -0.4 is 0 Å². The normalized spacial score (nSPS) is 11.9. The maximum absolute atomic E-state index is 6.75. The van der Waals surface area contributed by atoms with Crippen molar-refractivity contribution in [2.24, 2.45) is 0 Å². The molecule has 6 heteroatoms. The van der Waals surface area contributed by atoms with Crippen LogP contribution in [-0.4, -0.2) is 15.0 Å². The minimum Gasteiger partial charge on any atom is -0.456 e. The van der Waals surface area contributed by atoms with Gasteiger partial charge in [0.2, 0.25) is 0 Å². The van der Waals surface area contributed by atoms with Gasteiger partial charge < -0.3 is 13.3 Å². The van der Waals surface area contributed by atoms with Crippen LogP contribution in [0.25, 0.3) is 122 Å². The summed E-state index contributed by atoms with van der Waals surface area (Å²) in [6.45, 7) is 0. The van der Waals surface area contributed by atoms with Crippen molar-refractivity contribution in [1.29, 1.82) is 0 Å². The monoisotopic (exact) mass is 731 g/mol. The van der Waals surface area contributed by atoms with Crippen molar-refractivity contribution in [3.63, 3.8) is 0 Å². The average Bonchev–Trinajstić information content (AvgIpc) is 3.98. The van der Waals surface area contributed by atoms with Gasteiger partial charge in [-0.1, -0.05) is 133 Å². The summed E-state index contributed by atoms with van der Waals surface area (Å²) in [5.41, 5.74) is 11.8. The third kappa shape index (κ3) is 4.94. The molecule has 0 fully saturated rings. The highest BCUT2D eigenvalue weighted by Gasteiger charge is 2.22. The molecule has 0 unspecified atom stereocenters. The highest BCUT2D eigenvalue weighted by Crippen LogP contribution is 2.46. The highest BCUT2D eigenvalue weighted by molar-refractivity contribution is 6.21. The lowest BCUT2D eigenvalue weighted by Gasteiger charge is -2.10. The molecule has 0 radical (unpaired) electrons. The summed E-state index contributed by atoms with van der Waals surface area (Å²) >= 11 is 0. The summed E-state index contributed by atoms with van der Waals surface area (Å²) in [5.74, 6) is 1.81. The van der Waals surface area contributed by atoms with Crippen LogP contribution in [-0.2, 0) is 0 Å². The van der Waals surface area contributed by atoms with Crippen molar-refractivity contribution in [2.75, 3.05) is 0 Å². The van der Waals surface area contributed by atoms with E-state index in [9.17, 15) is 0 Å². The van der Waals surface area contributed by atoms with E-state index in [1.54, 1.807) is 0 Å². The fraction of sp³-hybridized carbons (Fsp3) is 0. The van der Waals surface area contributed by atoms with E-state index in [0.717, 1.165) is 105 Å². The van der Waals surface area contributed by atoms with Crippen LogP contribution in [0.15, 0.2) is 189 Å². The van der Waals surface area contributed by atoms with E-state index in [1.807, 2.05) is 103 Å². The van der Waals surface area contributed by atoms with Gasteiger partial charge in [-0.3, -0.25) is 0 Å². The molecule has 0 bridgehead atoms. The first-order valence-electron chi connectivity index (χ1n) is 18.9. The van der Waals surface area contributed by atoms with Crippen LogP contribution in [0.4, 0.5) is 0 Å². The Kier molecular flexibility index (Phi) is 6.83. The van der Waals surface area contributed by atoms with E-state index in [-0.39, 0.29) is 0 Å². The van der Waals surface area contributed by atoms with Gasteiger partial charge in [-0.2, -0.15) is 0 Å². The summed E-state index contributed by atoms with van der Waals surface area (Å²) in [4.78, 5) is 15.0. The van der Waals surface area contributed by atoms with Crippen molar-refractivity contribution in [3.8, 4) is 56.4 Å². The standard InChI is InChI=1S/C51H29N3O3/c1-3-13-30(14-4-1)49-52-50(31-15-5-2-6-16-31)54-51(53-49)39-20-12-24-43-46(39)38-26-25-32(29-44(38)56-43)33-27-28-35(47-37-18-8-10-22-41(37)57-48(33)47)34-19-11-23-42-45(34)36-17-7-9-21-40(36)55-42/h1-29H. The maximum Gasteiger partial charge on any atom is 0.164 e. The predicted molar refractivity (Wildman–Crippen MR) is 229 cm³/mol. The first-order chi connectivity index (χ1) is 28.2. The molecule has 0 atom stereocenters. The molecule has 0 saturated heterocycles. The molecular weight excluding hydrogens is 703 g/mol. The summed E-state index contributed by atoms with van der Waals surface area (Å²) in [6, 6.07) is 59.7. The van der Waals surface area contributed by atoms with E-state index in [4.69, 9.17) is 28.2 Å². The number of hydrogen-bond donors (Lipinski definition) is 0. The molecule has 0 saturated carbocycles. The fourth-order valence-electron chi connectivity index (χ4n) is 8.39. The van der Waals surface area contributed by atoms with Crippen molar-refractivity contribution >= 4 is 65.8 Å². The Bertz CT molecular complexity index is 3470. The van der Waals surface area contributed by atoms with Gasteiger partial charge in [0.05, 0.1) is 0 Å². The van der Waals surface area contributed by atoms with Crippen LogP contribution in [0.5, 0.6) is 0 Å². The van der Waals surface area contributed by atoms with Crippen LogP contribution in [0, 0.1) is 0 Å². The lowest BCUT2D eigenvalue weighted by atomic mass is 9.92. The van der Waals surface area contributed by atoms with Gasteiger partial charge in [-0.15, -0.1) is 0 Å². The quantitative estimate of drug-likeness (QED) is 0.175. The molecule has 12 aromatic rings. The summed E-state index contributed by atoms with van der Waals surface area (Å²) in [6.07, 6.45) is 0. The predicted octanol–water partition coefficient (Wildman–Crippen LogP) is 13.9. The lowest BCUT2D eigenvalue weighted by Crippen LogP contribution is -2.00. The molecule has 4 heterocycles. The van der Waals surface area contributed by atoms with E-state index in [2.05, 4.69) is 72.8 Å². The van der Waals surface area contributed by atoms with Crippen LogP contribution in [0.2, 0.25) is 0 Å². The molecular formula is C51H29N3O3. The van der Waals surface area contributed by atoms with E-state index in [1.165, 1.54) is 0 Å². The first-order valence-corrected chi connectivity index (χ1v) is 18.9. The van der Waals surface area contributed by atoms with Gasteiger partial charge in [0.1, 0.15) is 33.5 Å². The summed E-state index contributed by atoms with van der Waals surface area (Å²) in [7, 11) is 0. The Morgan fingerprint density at radius 3 is 1.47 bits per heavy atom. The number of furan rings is 3. The van der Waals surface area contributed by atoms with Gasteiger partial charge in [0.15, 0.2) is 17.5 Å². The smallest absolute Gasteiger partial charge is 0.164 e. The van der Waals surface area contributed by atoms with Gasteiger partial charge in [0.25, 0.3) is 0 Å². The molecule has 0 spiro atoms. The fourth-order valence-corrected chi connectivity index (χ4v) is 8.39. The second-order valence-electron chi connectivity index (χ2n) is 14.3. The van der Waals surface area contributed by atoms with Crippen LogP contribution >= 0.6 is 0 Å². The van der Waals surface area contributed by atoms with Gasteiger partial charge in [-0.25, -0.2) is 15.0 Å². The zero-order valence-electron chi connectivity index (χ0n) is 30.3. The third-order valence-corrected chi connectivity index (χ3v) is 11.0. The number of nitrogens with zero attached hydrogens (tertiary/aromatic N) is 3. The highest BCUT2D eigenvalue weighted by atomic mass is 16.3. The summed E-state index contributed by atoms with van der Waals surface area (Å²) in [5, 5.41) is 6.23. The minimum absolute atomic E-state index is 0.583. The Labute approximate surface area is 325 Å². The number of hydrogen-bond acceptors (Lipinski definition) is 6. The first kappa shape index (κ1) is 31.5. The molecule has 12 rings (SSSR count). The summed E-state index contributed by atoms with van der Waals surface area (Å²) < 4.78 is 19.7. The maximum atomic E-state index is 6.75. The molecule has 57 heavy (non-hydrogen) atoms. The number of rotatable bonds is 5. The zero-order valence-corrected chi connectivity index (χ0v) is 30.3. The molecule has 266 valence electrons. The molecule has 0 aliphatic rings. The molecule has 0 amide bonds. The topological polar surface area (TPSA) is 78.1 Å². The van der Waals surface area contributed by atoms with E-state index < -0.39 is 0 Å². The molecule has 4 aromatic heterocycles. The average molecular weight is 732 g/mol. The van der Waals surface area contributed by atoms with Crippen molar-refractivity contribution in [3.05, 3.63) is 176 Å². The third-order valence-electron chi connectivity index (χ3n) is 11.0. The Hall–Kier alpha value is -7.83. The number of fused-ring (bicyclic) bond motifs is 9. The number of benzene rings is 8. The zero-order chi connectivity index (χ0) is 37.5. The Morgan fingerprint density at radius 1 is 0.281 bits per heavy atom. The Morgan fingerprint density at radius 2 is 0.772 bits per heavy atom. The van der Waals surface area contributed by atoms with Gasteiger partial charge >= 0.3 is 0 Å². The van der Waals surface area contributed by atoms with Gasteiger partial charge in [0, 0.05) is 54.6 Å². The molecule has 8 aromatic carbocycles. The van der Waals surface area contributed by atoms with Crippen molar-refractivity contribution in [1.82, 2.24) is 15.0 Å². The number of aromatic nitrogens is 3. The number of para-hydroxylation sites is 2. The Balaban J connectivity index is 1.04. The lowest BCUT2D eigenvalue weighted by molar-refractivity contribution is 0.668. The molecule has 0 aliphatic carbocycles. The second-order valence-corrected chi connectivity index (χ2v) is 14.3. The van der Waals surface area contributed by atoms with Crippen molar-refractivity contribution in [2.45, 2.75) is 0 Å². The van der Waals surface area contributed by atoms with E-state index >= 15 is 0 Å². The molecule has 6 nitrogen and oxygen atoms in total. The molecule has 0 N–H and O–H groups in total. The van der Waals surface area contributed by atoms with Crippen LogP contribution in [0.3, 0.4) is 0 Å². The SMILES string of the molecule is c1ccc(-c2nc(-c3ccccc3)nc(-c3cccc4oc5cc(-c6ccc(-c7cccc8oc9ccccc9c78)c7c6oc6ccccc67)ccc5c34)n2)cc1. The van der Waals surface area contributed by atoms with Crippen LogP contribution in [0.1, 0.15) is 0 Å². The van der Waals surface area contributed by atoms with Gasteiger partial charge in [-0.05, 0) is 59.2 Å². The second kappa shape index (κ2) is 12.3.